The van der Waals surface area contributed by atoms with Crippen LogP contribution in [0.25, 0.3) is 0 Å². The van der Waals surface area contributed by atoms with Gasteiger partial charge in [0.2, 0.25) is 11.8 Å². The molecule has 0 spiro atoms. The van der Waals surface area contributed by atoms with Gasteiger partial charge in [0, 0.05) is 45.8 Å². The van der Waals surface area contributed by atoms with Gasteiger partial charge in [-0.1, -0.05) is 67.2 Å². The Hall–Kier alpha value is -1.69. The Morgan fingerprint density at radius 2 is 1.72 bits per heavy atom. The molecule has 2 rings (SSSR count). The van der Waals surface area contributed by atoms with Crippen LogP contribution in [0.5, 0.6) is 0 Å². The number of aryl methyl sites for hydroxylation is 1. The Kier molecular flexibility index (Phi) is 11.4. The molecule has 0 aliphatic rings. The first-order valence-corrected chi connectivity index (χ1v) is 12.8. The summed E-state index contributed by atoms with van der Waals surface area (Å²) in [6.45, 7) is 6.84. The molecule has 1 N–H and O–H groups in total. The quantitative estimate of drug-likeness (QED) is 0.270. The summed E-state index contributed by atoms with van der Waals surface area (Å²) in [5, 5.41) is 3.95. The molecule has 2 amide bonds. The van der Waals surface area contributed by atoms with E-state index in [2.05, 4.69) is 36.5 Å². The zero-order chi connectivity index (χ0) is 23.5. The Bertz CT molecular complexity index is 870. The molecule has 2 aromatic carbocycles. The molecule has 32 heavy (non-hydrogen) atoms. The highest BCUT2D eigenvalue weighted by Crippen LogP contribution is 2.28. The van der Waals surface area contributed by atoms with Gasteiger partial charge in [0.05, 0.1) is 0 Å². The molecule has 0 saturated heterocycles. The topological polar surface area (TPSA) is 49.4 Å². The second-order valence-corrected chi connectivity index (χ2v) is 9.68. The van der Waals surface area contributed by atoms with E-state index in [1.807, 2.05) is 13.8 Å². The number of rotatable bonds is 12. The maximum atomic E-state index is 13.3. The fourth-order valence-corrected chi connectivity index (χ4v) is 4.67. The van der Waals surface area contributed by atoms with Crippen LogP contribution in [-0.2, 0) is 16.1 Å². The number of nitrogens with zero attached hydrogens (tertiary/aromatic N) is 1. The Labute approximate surface area is 206 Å². The molecule has 0 fully saturated rings. The van der Waals surface area contributed by atoms with Crippen molar-refractivity contribution in [1.82, 2.24) is 10.2 Å². The number of benzene rings is 2. The molecule has 0 aliphatic heterocycles. The van der Waals surface area contributed by atoms with E-state index in [-0.39, 0.29) is 18.4 Å². The van der Waals surface area contributed by atoms with Gasteiger partial charge in [-0.15, -0.1) is 11.8 Å². The monoisotopic (exact) mass is 494 g/mol. The highest BCUT2D eigenvalue weighted by molar-refractivity contribution is 7.99. The summed E-state index contributed by atoms with van der Waals surface area (Å²) in [5.41, 5.74) is 1.86. The van der Waals surface area contributed by atoms with E-state index < -0.39 is 6.04 Å². The number of hydrogen-bond donors (Lipinski definition) is 1. The van der Waals surface area contributed by atoms with E-state index in [9.17, 15) is 9.59 Å². The predicted molar refractivity (Wildman–Crippen MR) is 136 cm³/mol. The molecule has 0 aromatic heterocycles. The van der Waals surface area contributed by atoms with Gasteiger partial charge >= 0.3 is 0 Å². The van der Waals surface area contributed by atoms with Crippen molar-refractivity contribution >= 4 is 46.8 Å². The summed E-state index contributed by atoms with van der Waals surface area (Å²) in [6, 6.07) is 12.9. The van der Waals surface area contributed by atoms with Gasteiger partial charge in [-0.2, -0.15) is 0 Å². The van der Waals surface area contributed by atoms with E-state index >= 15 is 0 Å². The minimum absolute atomic E-state index is 0.0851. The molecule has 1 atom stereocenters. The first-order valence-electron chi connectivity index (χ1n) is 11.1. The van der Waals surface area contributed by atoms with Crippen molar-refractivity contribution in [2.75, 3.05) is 12.3 Å². The zero-order valence-corrected chi connectivity index (χ0v) is 21.3. The summed E-state index contributed by atoms with van der Waals surface area (Å²) in [7, 11) is 0. The predicted octanol–water partition coefficient (Wildman–Crippen LogP) is 6.51. The second-order valence-electron chi connectivity index (χ2n) is 7.70. The molecule has 2 aromatic rings. The van der Waals surface area contributed by atoms with Crippen LogP contribution in [-0.4, -0.2) is 35.1 Å². The lowest BCUT2D eigenvalue weighted by molar-refractivity contribution is -0.141. The summed E-state index contributed by atoms with van der Waals surface area (Å²) in [6.07, 6.45) is 2.72. The highest BCUT2D eigenvalue weighted by Gasteiger charge is 2.29. The molecule has 7 heteroatoms. The lowest BCUT2D eigenvalue weighted by atomic mass is 10.1. The van der Waals surface area contributed by atoms with Crippen LogP contribution in [0.4, 0.5) is 0 Å². The van der Waals surface area contributed by atoms with E-state index in [4.69, 9.17) is 23.2 Å². The van der Waals surface area contributed by atoms with Crippen molar-refractivity contribution < 1.29 is 9.59 Å². The summed E-state index contributed by atoms with van der Waals surface area (Å²) >= 11 is 14.4. The van der Waals surface area contributed by atoms with Crippen LogP contribution in [0.15, 0.2) is 47.4 Å². The number of carbonyl (C=O) groups is 2. The Balaban J connectivity index is 2.16. The summed E-state index contributed by atoms with van der Waals surface area (Å²) in [4.78, 5) is 28.9. The molecule has 4 nitrogen and oxygen atoms in total. The Morgan fingerprint density at radius 1 is 1.06 bits per heavy atom. The second kappa shape index (κ2) is 13.8. The molecule has 0 unspecified atom stereocenters. The smallest absolute Gasteiger partial charge is 0.242 e. The first-order chi connectivity index (χ1) is 15.4. The lowest BCUT2D eigenvalue weighted by Crippen LogP contribution is -2.49. The molecule has 0 saturated carbocycles. The minimum atomic E-state index is -0.573. The van der Waals surface area contributed by atoms with E-state index in [1.165, 1.54) is 5.56 Å². The van der Waals surface area contributed by atoms with E-state index in [0.29, 0.717) is 40.7 Å². The lowest BCUT2D eigenvalue weighted by Gasteiger charge is -2.31. The SMILES string of the molecule is CCCCNC(=O)[C@H](CC)N(Cc1c(Cl)cccc1Cl)C(=O)CCSc1ccc(C)cc1. The number of hydrogen-bond acceptors (Lipinski definition) is 3. The van der Waals surface area contributed by atoms with Gasteiger partial charge in [-0.3, -0.25) is 9.59 Å². The molecule has 174 valence electrons. The fourth-order valence-electron chi connectivity index (χ4n) is 3.31. The average Bonchev–Trinajstić information content (AvgIpc) is 2.77. The summed E-state index contributed by atoms with van der Waals surface area (Å²) in [5.74, 6) is 0.407. The van der Waals surface area contributed by atoms with Gasteiger partial charge in [0.1, 0.15) is 6.04 Å². The minimum Gasteiger partial charge on any atom is -0.354 e. The Morgan fingerprint density at radius 3 is 2.31 bits per heavy atom. The third-order valence-electron chi connectivity index (χ3n) is 5.21. The number of unbranched alkanes of at least 4 members (excludes halogenated alkanes) is 1. The third-order valence-corrected chi connectivity index (χ3v) is 6.93. The maximum Gasteiger partial charge on any atom is 0.242 e. The molecule has 0 radical (unpaired) electrons. The van der Waals surface area contributed by atoms with Crippen molar-refractivity contribution in [3.05, 3.63) is 63.6 Å². The number of amides is 2. The van der Waals surface area contributed by atoms with Crippen molar-refractivity contribution in [2.24, 2.45) is 0 Å². The van der Waals surface area contributed by atoms with E-state index in [0.717, 1.165) is 17.7 Å². The number of nitrogens with one attached hydrogen (secondary N) is 1. The van der Waals surface area contributed by atoms with Gasteiger partial charge in [0.15, 0.2) is 0 Å². The van der Waals surface area contributed by atoms with Crippen LogP contribution in [0, 0.1) is 6.92 Å². The molecule has 0 aliphatic carbocycles. The van der Waals surface area contributed by atoms with Crippen LogP contribution in [0.3, 0.4) is 0 Å². The molecule has 0 bridgehead atoms. The molecular formula is C25H32Cl2N2O2S. The first kappa shape index (κ1) is 26.6. The van der Waals surface area contributed by atoms with Crippen molar-refractivity contribution in [3.63, 3.8) is 0 Å². The van der Waals surface area contributed by atoms with Gasteiger partial charge in [-0.05, 0) is 44.0 Å². The highest BCUT2D eigenvalue weighted by atomic mass is 35.5. The number of halogens is 2. The van der Waals surface area contributed by atoms with Gasteiger partial charge in [0.25, 0.3) is 0 Å². The van der Waals surface area contributed by atoms with Crippen molar-refractivity contribution in [1.29, 1.82) is 0 Å². The number of thioether (sulfide) groups is 1. The third kappa shape index (κ3) is 8.02. The van der Waals surface area contributed by atoms with Gasteiger partial charge in [-0.25, -0.2) is 0 Å². The van der Waals surface area contributed by atoms with Crippen LogP contribution < -0.4 is 5.32 Å². The van der Waals surface area contributed by atoms with Crippen molar-refractivity contribution in [3.8, 4) is 0 Å². The average molecular weight is 496 g/mol. The maximum absolute atomic E-state index is 13.3. The fraction of sp³-hybridized carbons (Fsp3) is 0.440. The normalized spacial score (nSPS) is 11.8. The van der Waals surface area contributed by atoms with Crippen LogP contribution in [0.2, 0.25) is 10.0 Å². The summed E-state index contributed by atoms with van der Waals surface area (Å²) < 4.78 is 0. The zero-order valence-electron chi connectivity index (χ0n) is 19.0. The molecule has 0 heterocycles. The van der Waals surface area contributed by atoms with Gasteiger partial charge < -0.3 is 10.2 Å². The number of carbonyl (C=O) groups excluding carboxylic acids is 2. The van der Waals surface area contributed by atoms with Crippen molar-refractivity contribution in [2.45, 2.75) is 63.9 Å². The van der Waals surface area contributed by atoms with Crippen LogP contribution in [0.1, 0.15) is 50.7 Å². The van der Waals surface area contributed by atoms with Crippen LogP contribution >= 0.6 is 35.0 Å². The molecular weight excluding hydrogens is 463 g/mol. The standard InChI is InChI=1S/C25H32Cl2N2O2S/c1-4-6-15-28-25(31)23(5-2)29(17-20-21(26)8-7-9-22(20)27)24(30)14-16-32-19-12-10-18(3)11-13-19/h7-13,23H,4-6,14-17H2,1-3H3,(H,28,31)/t23-/m0/s1. The largest absolute Gasteiger partial charge is 0.354 e. The van der Waals surface area contributed by atoms with E-state index in [1.54, 1.807) is 34.9 Å².